The number of rotatable bonds is 4. The smallest absolute Gasteiger partial charge is 0.311 e. The number of nitrogens with one attached hydrogen (secondary N) is 2. The van der Waals surface area contributed by atoms with Crippen LogP contribution in [-0.4, -0.2) is 9.97 Å². The Kier molecular flexibility index (Phi) is 4.05. The van der Waals surface area contributed by atoms with Crippen LogP contribution in [0, 0.1) is 22.7 Å². The first-order valence-electron chi connectivity index (χ1n) is 4.77. The first-order chi connectivity index (χ1) is 7.69. The van der Waals surface area contributed by atoms with Crippen molar-refractivity contribution in [3.05, 3.63) is 32.1 Å². The lowest BCUT2D eigenvalue weighted by atomic mass is 10.1. The summed E-state index contributed by atoms with van der Waals surface area (Å²) in [4.78, 5) is 27.1. The van der Waals surface area contributed by atoms with Gasteiger partial charge in [-0.1, -0.05) is 0 Å². The van der Waals surface area contributed by atoms with Crippen LogP contribution in [-0.2, 0) is 12.8 Å². The van der Waals surface area contributed by atoms with Crippen molar-refractivity contribution in [2.75, 3.05) is 0 Å². The molecule has 2 N–H and O–H groups in total. The van der Waals surface area contributed by atoms with Crippen molar-refractivity contribution in [1.29, 1.82) is 10.5 Å². The maximum atomic E-state index is 11.5. The van der Waals surface area contributed by atoms with Gasteiger partial charge in [-0.3, -0.25) is 9.78 Å². The van der Waals surface area contributed by atoms with Gasteiger partial charge in [0, 0.05) is 30.5 Å². The molecular formula is C10H10N4O2. The molecule has 0 saturated carbocycles. The molecule has 1 aromatic heterocycles. The van der Waals surface area contributed by atoms with Gasteiger partial charge in [-0.15, -0.1) is 0 Å². The fraction of sp³-hybridized carbons (Fsp3) is 0.400. The Bertz CT molecular complexity index is 556. The van der Waals surface area contributed by atoms with Gasteiger partial charge in [0.2, 0.25) is 0 Å². The monoisotopic (exact) mass is 218 g/mol. The molecule has 1 rings (SSSR count). The summed E-state index contributed by atoms with van der Waals surface area (Å²) in [5.74, 6) is 0. The van der Waals surface area contributed by atoms with Crippen LogP contribution in [0.5, 0.6) is 0 Å². The van der Waals surface area contributed by atoms with E-state index in [9.17, 15) is 9.59 Å². The van der Waals surface area contributed by atoms with Crippen molar-refractivity contribution >= 4 is 0 Å². The molecule has 0 atom stereocenters. The molecule has 0 bridgehead atoms. The first-order valence-corrected chi connectivity index (χ1v) is 4.77. The fourth-order valence-electron chi connectivity index (χ4n) is 1.40. The van der Waals surface area contributed by atoms with Crippen LogP contribution in [0.4, 0.5) is 0 Å². The summed E-state index contributed by atoms with van der Waals surface area (Å²) in [5.41, 5.74) is -0.229. The van der Waals surface area contributed by atoms with Crippen molar-refractivity contribution in [3.63, 3.8) is 0 Å². The molecule has 0 aliphatic heterocycles. The van der Waals surface area contributed by atoms with Crippen LogP contribution in [0.2, 0.25) is 0 Å². The molecule has 0 amide bonds. The average molecular weight is 218 g/mol. The normalized spacial score (nSPS) is 9.38. The van der Waals surface area contributed by atoms with E-state index in [1.165, 1.54) is 0 Å². The second-order valence-corrected chi connectivity index (χ2v) is 3.18. The third-order valence-electron chi connectivity index (χ3n) is 2.10. The Morgan fingerprint density at radius 1 is 1.00 bits per heavy atom. The fourth-order valence-corrected chi connectivity index (χ4v) is 1.40. The average Bonchev–Trinajstić information content (AvgIpc) is 2.24. The van der Waals surface area contributed by atoms with Crippen molar-refractivity contribution in [1.82, 2.24) is 9.97 Å². The Balaban J connectivity index is 3.12. The third-order valence-corrected chi connectivity index (χ3v) is 2.10. The van der Waals surface area contributed by atoms with Crippen LogP contribution in [0.1, 0.15) is 24.1 Å². The summed E-state index contributed by atoms with van der Waals surface area (Å²) in [6.07, 6.45) is 1.02. The van der Waals surface area contributed by atoms with Gasteiger partial charge in [-0.25, -0.2) is 4.79 Å². The van der Waals surface area contributed by atoms with Gasteiger partial charge in [0.05, 0.1) is 12.1 Å². The van der Waals surface area contributed by atoms with E-state index in [0.717, 1.165) is 0 Å². The van der Waals surface area contributed by atoms with Crippen LogP contribution >= 0.6 is 0 Å². The lowest BCUT2D eigenvalue weighted by Gasteiger charge is -2.03. The molecule has 0 aliphatic rings. The highest BCUT2D eigenvalue weighted by molar-refractivity contribution is 5.18. The second kappa shape index (κ2) is 5.52. The number of aromatic nitrogens is 2. The van der Waals surface area contributed by atoms with E-state index >= 15 is 0 Å². The lowest BCUT2D eigenvalue weighted by molar-refractivity contribution is 0.831. The largest absolute Gasteiger partial charge is 0.325 e. The molecule has 1 heterocycles. The Morgan fingerprint density at radius 2 is 1.62 bits per heavy atom. The molecule has 0 saturated heterocycles. The summed E-state index contributed by atoms with van der Waals surface area (Å²) in [6, 6.07) is 3.87. The predicted molar refractivity (Wildman–Crippen MR) is 55.6 cm³/mol. The number of aromatic amines is 2. The van der Waals surface area contributed by atoms with E-state index in [1.54, 1.807) is 0 Å². The van der Waals surface area contributed by atoms with Crippen molar-refractivity contribution in [3.8, 4) is 12.1 Å². The second-order valence-electron chi connectivity index (χ2n) is 3.18. The van der Waals surface area contributed by atoms with Gasteiger partial charge in [-0.2, -0.15) is 10.5 Å². The van der Waals surface area contributed by atoms with Gasteiger partial charge in [0.1, 0.15) is 0 Å². The molecule has 0 spiro atoms. The molecule has 6 nitrogen and oxygen atoms in total. The molecule has 0 aromatic carbocycles. The number of aryl methyl sites for hydroxylation is 1. The van der Waals surface area contributed by atoms with Gasteiger partial charge in [0.15, 0.2) is 0 Å². The molecule has 16 heavy (non-hydrogen) atoms. The van der Waals surface area contributed by atoms with Gasteiger partial charge in [-0.05, 0) is 6.42 Å². The van der Waals surface area contributed by atoms with Gasteiger partial charge in [0.25, 0.3) is 5.56 Å². The van der Waals surface area contributed by atoms with Crippen LogP contribution in [0.25, 0.3) is 0 Å². The zero-order valence-electron chi connectivity index (χ0n) is 8.54. The Labute approximate surface area is 91.2 Å². The SMILES string of the molecule is N#CCCc1[nH]c(=O)[nH]c(=O)c1CCC#N. The Morgan fingerprint density at radius 3 is 2.25 bits per heavy atom. The summed E-state index contributed by atoms with van der Waals surface area (Å²) in [5, 5.41) is 16.9. The summed E-state index contributed by atoms with van der Waals surface area (Å²) >= 11 is 0. The number of nitrogens with zero attached hydrogens (tertiary/aromatic N) is 2. The standard InChI is InChI=1S/C10H10N4O2/c11-5-1-3-7-8(4-2-6-12)13-10(16)14-9(7)15/h1-4H2,(H2,13,14,15,16). The van der Waals surface area contributed by atoms with Crippen LogP contribution in [0.3, 0.4) is 0 Å². The number of hydrogen-bond donors (Lipinski definition) is 2. The number of nitriles is 2. The third kappa shape index (κ3) is 2.82. The molecular weight excluding hydrogens is 208 g/mol. The van der Waals surface area contributed by atoms with E-state index < -0.39 is 11.2 Å². The number of H-pyrrole nitrogens is 2. The molecule has 0 unspecified atom stereocenters. The maximum Gasteiger partial charge on any atom is 0.325 e. The highest BCUT2D eigenvalue weighted by Crippen LogP contribution is 2.03. The van der Waals surface area contributed by atoms with Gasteiger partial charge < -0.3 is 4.98 Å². The minimum atomic E-state index is -0.585. The van der Waals surface area contributed by atoms with Crippen LogP contribution < -0.4 is 11.2 Å². The van der Waals surface area contributed by atoms with E-state index in [0.29, 0.717) is 17.7 Å². The minimum absolute atomic E-state index is 0.203. The lowest BCUT2D eigenvalue weighted by Crippen LogP contribution is -2.28. The highest BCUT2D eigenvalue weighted by Gasteiger charge is 2.08. The van der Waals surface area contributed by atoms with E-state index in [1.807, 2.05) is 12.1 Å². The molecule has 0 radical (unpaired) electrons. The highest BCUT2D eigenvalue weighted by atomic mass is 16.2. The summed E-state index contributed by atoms with van der Waals surface area (Å²) in [7, 11) is 0. The van der Waals surface area contributed by atoms with Crippen molar-refractivity contribution < 1.29 is 0 Å². The first kappa shape index (κ1) is 11.7. The van der Waals surface area contributed by atoms with E-state index in [-0.39, 0.29) is 19.3 Å². The number of hydrogen-bond acceptors (Lipinski definition) is 4. The molecule has 0 fully saturated rings. The maximum absolute atomic E-state index is 11.5. The molecule has 6 heteroatoms. The Hall–Kier alpha value is -2.34. The minimum Gasteiger partial charge on any atom is -0.311 e. The summed E-state index contributed by atoms with van der Waals surface area (Å²) in [6.45, 7) is 0. The zero-order valence-corrected chi connectivity index (χ0v) is 8.54. The van der Waals surface area contributed by atoms with E-state index in [4.69, 9.17) is 10.5 Å². The zero-order chi connectivity index (χ0) is 12.0. The van der Waals surface area contributed by atoms with Crippen molar-refractivity contribution in [2.24, 2.45) is 0 Å². The van der Waals surface area contributed by atoms with Crippen molar-refractivity contribution in [2.45, 2.75) is 25.7 Å². The molecule has 1 aromatic rings. The predicted octanol–water partition coefficient (Wildman–Crippen LogP) is -0.0244. The molecule has 0 aliphatic carbocycles. The molecule has 82 valence electrons. The van der Waals surface area contributed by atoms with E-state index in [2.05, 4.69) is 9.97 Å². The van der Waals surface area contributed by atoms with Gasteiger partial charge >= 0.3 is 5.69 Å². The topological polar surface area (TPSA) is 113 Å². The quantitative estimate of drug-likeness (QED) is 0.738. The summed E-state index contributed by atoms with van der Waals surface area (Å²) < 4.78 is 0. The van der Waals surface area contributed by atoms with Crippen LogP contribution in [0.15, 0.2) is 9.59 Å².